The first-order valence-corrected chi connectivity index (χ1v) is 11.8. The number of halogens is 2. The molecule has 0 bridgehead atoms. The van der Waals surface area contributed by atoms with Crippen LogP contribution in [0.4, 0.5) is 21.9 Å². The van der Waals surface area contributed by atoms with Crippen LogP contribution in [-0.2, 0) is 6.54 Å². The number of anilines is 3. The second kappa shape index (κ2) is 10.8. The predicted molar refractivity (Wildman–Crippen MR) is 136 cm³/mol. The zero-order valence-corrected chi connectivity index (χ0v) is 20.2. The van der Waals surface area contributed by atoms with Gasteiger partial charge in [0, 0.05) is 35.5 Å². The topological polar surface area (TPSA) is 91.3 Å². The van der Waals surface area contributed by atoms with E-state index in [2.05, 4.69) is 41.9 Å². The van der Waals surface area contributed by atoms with Gasteiger partial charge in [-0.15, -0.1) is 0 Å². The first-order valence-electron chi connectivity index (χ1n) is 10.6. The van der Waals surface area contributed by atoms with Crippen LogP contribution in [0.5, 0.6) is 0 Å². The van der Waals surface area contributed by atoms with E-state index in [0.717, 1.165) is 42.6 Å². The number of urea groups is 1. The first kappa shape index (κ1) is 23.3. The summed E-state index contributed by atoms with van der Waals surface area (Å²) in [6.45, 7) is 3.71. The summed E-state index contributed by atoms with van der Waals surface area (Å²) in [5.41, 5.74) is 2.55. The van der Waals surface area contributed by atoms with E-state index >= 15 is 0 Å². The van der Waals surface area contributed by atoms with Gasteiger partial charge in [-0.05, 0) is 54.9 Å². The molecule has 0 aliphatic carbocycles. The fourth-order valence-electron chi connectivity index (χ4n) is 3.57. The van der Waals surface area contributed by atoms with E-state index in [1.165, 1.54) is 4.68 Å². The molecule has 8 nitrogen and oxygen atoms in total. The second-order valence-electron chi connectivity index (χ2n) is 7.68. The lowest BCUT2D eigenvalue weighted by atomic mass is 10.2. The fourth-order valence-corrected chi connectivity index (χ4v) is 4.10. The van der Waals surface area contributed by atoms with Gasteiger partial charge in [0.25, 0.3) is 5.56 Å². The van der Waals surface area contributed by atoms with Gasteiger partial charge < -0.3 is 20.9 Å². The predicted octanol–water partition coefficient (Wildman–Crippen LogP) is 4.15. The molecule has 10 heteroatoms. The van der Waals surface area contributed by atoms with Crippen molar-refractivity contribution in [3.8, 4) is 0 Å². The number of carbonyl (C=O) groups is 1. The average molecular weight is 532 g/mol. The molecule has 1 fully saturated rings. The van der Waals surface area contributed by atoms with Gasteiger partial charge in [0.15, 0.2) is 0 Å². The van der Waals surface area contributed by atoms with Crippen molar-refractivity contribution in [1.29, 1.82) is 0 Å². The van der Waals surface area contributed by atoms with Crippen molar-refractivity contribution in [1.82, 2.24) is 15.1 Å². The van der Waals surface area contributed by atoms with Crippen molar-refractivity contribution in [3.05, 3.63) is 80.1 Å². The van der Waals surface area contributed by atoms with Crippen molar-refractivity contribution in [2.45, 2.75) is 13.0 Å². The molecule has 1 aromatic heterocycles. The number of carbonyl (C=O) groups excluding carboxylic acids is 1. The van der Waals surface area contributed by atoms with Gasteiger partial charge in [-0.25, -0.2) is 9.48 Å². The molecular formula is C23H24BrClN6O2. The Hall–Kier alpha value is -2.88. The van der Waals surface area contributed by atoms with Crippen LogP contribution in [0, 0.1) is 0 Å². The van der Waals surface area contributed by atoms with E-state index in [1.807, 2.05) is 24.3 Å². The Labute approximate surface area is 205 Å². The zero-order chi connectivity index (χ0) is 23.2. The van der Waals surface area contributed by atoms with Crippen LogP contribution in [0.2, 0.25) is 5.02 Å². The summed E-state index contributed by atoms with van der Waals surface area (Å²) in [5, 5.41) is 13.4. The van der Waals surface area contributed by atoms with Crippen LogP contribution >= 0.6 is 27.5 Å². The van der Waals surface area contributed by atoms with Crippen molar-refractivity contribution < 1.29 is 4.79 Å². The number of nitrogens with one attached hydrogen (secondary N) is 3. The Morgan fingerprint density at radius 1 is 1.03 bits per heavy atom. The molecule has 2 aromatic carbocycles. The monoisotopic (exact) mass is 530 g/mol. The molecule has 0 atom stereocenters. The lowest BCUT2D eigenvalue weighted by molar-refractivity contribution is 0.262. The molecule has 0 radical (unpaired) electrons. The third-order valence-corrected chi connectivity index (χ3v) is 6.18. The number of hydrogen-bond donors (Lipinski definition) is 3. The Morgan fingerprint density at radius 3 is 2.39 bits per heavy atom. The summed E-state index contributed by atoms with van der Waals surface area (Å²) >= 11 is 9.78. The van der Waals surface area contributed by atoms with Gasteiger partial charge in [0.05, 0.1) is 18.4 Å². The molecule has 1 aliphatic heterocycles. The Morgan fingerprint density at radius 2 is 1.70 bits per heavy atom. The molecule has 2 amide bonds. The third-order valence-electron chi connectivity index (χ3n) is 5.29. The van der Waals surface area contributed by atoms with Gasteiger partial charge in [-0.2, -0.15) is 5.10 Å². The quantitative estimate of drug-likeness (QED) is 0.460. The summed E-state index contributed by atoms with van der Waals surface area (Å²) in [5.74, 6) is 0. The van der Waals surface area contributed by atoms with Crippen LogP contribution in [0.15, 0.2) is 64.0 Å². The second-order valence-corrected chi connectivity index (χ2v) is 8.97. The van der Waals surface area contributed by atoms with Crippen LogP contribution in [0.3, 0.4) is 0 Å². The molecule has 0 saturated carbocycles. The Kier molecular flexibility index (Phi) is 7.64. The maximum absolute atomic E-state index is 12.8. The van der Waals surface area contributed by atoms with Crippen molar-refractivity contribution in [3.63, 3.8) is 0 Å². The number of aromatic nitrogens is 2. The highest BCUT2D eigenvalue weighted by atomic mass is 79.9. The smallest absolute Gasteiger partial charge is 0.323 e. The minimum Gasteiger partial charge on any atom is -0.368 e. The molecule has 172 valence electrons. The average Bonchev–Trinajstić information content (AvgIpc) is 3.09. The normalized spacial score (nSPS) is 13.9. The van der Waals surface area contributed by atoms with Gasteiger partial charge >= 0.3 is 6.03 Å². The summed E-state index contributed by atoms with van der Waals surface area (Å²) in [4.78, 5) is 27.1. The molecule has 3 aromatic rings. The van der Waals surface area contributed by atoms with Gasteiger partial charge in [-0.3, -0.25) is 4.79 Å². The molecule has 0 unspecified atom stereocenters. The van der Waals surface area contributed by atoms with E-state index in [-0.39, 0.29) is 23.2 Å². The summed E-state index contributed by atoms with van der Waals surface area (Å²) in [6.07, 6.45) is 2.65. The zero-order valence-electron chi connectivity index (χ0n) is 17.9. The maximum Gasteiger partial charge on any atom is 0.323 e. The van der Waals surface area contributed by atoms with Gasteiger partial charge in [0.2, 0.25) is 0 Å². The number of amides is 2. The number of benzene rings is 2. The van der Waals surface area contributed by atoms with Gasteiger partial charge in [-0.1, -0.05) is 39.7 Å². The fraction of sp³-hybridized carbons (Fsp3) is 0.261. The largest absolute Gasteiger partial charge is 0.368 e. The number of nitrogens with zero attached hydrogens (tertiary/aromatic N) is 3. The SMILES string of the molecule is O=C(Nc1ccc(Br)cc1)Nc1ccc(Cn2ncc(N3CCCNCC3)c(Cl)c2=O)cc1. The lowest BCUT2D eigenvalue weighted by Crippen LogP contribution is -2.32. The van der Waals surface area contributed by atoms with Crippen LogP contribution in [-0.4, -0.2) is 42.0 Å². The van der Waals surface area contributed by atoms with Gasteiger partial charge in [0.1, 0.15) is 5.02 Å². The third kappa shape index (κ3) is 6.13. The van der Waals surface area contributed by atoms with Crippen molar-refractivity contribution >= 4 is 50.6 Å². The highest BCUT2D eigenvalue weighted by Gasteiger charge is 2.17. The molecule has 0 spiro atoms. The maximum atomic E-state index is 12.8. The molecule has 2 heterocycles. The lowest BCUT2D eigenvalue weighted by Gasteiger charge is -2.23. The number of hydrogen-bond acceptors (Lipinski definition) is 5. The first-order chi connectivity index (χ1) is 16.0. The minimum absolute atomic E-state index is 0.190. The summed E-state index contributed by atoms with van der Waals surface area (Å²) in [6, 6.07) is 14.2. The highest BCUT2D eigenvalue weighted by molar-refractivity contribution is 9.10. The molecule has 33 heavy (non-hydrogen) atoms. The number of rotatable bonds is 5. The molecule has 4 rings (SSSR count). The van der Waals surface area contributed by atoms with Crippen LogP contribution in [0.25, 0.3) is 0 Å². The molecule has 1 aliphatic rings. The van der Waals surface area contributed by atoms with E-state index < -0.39 is 0 Å². The van der Waals surface area contributed by atoms with Crippen molar-refractivity contribution in [2.75, 3.05) is 41.7 Å². The summed E-state index contributed by atoms with van der Waals surface area (Å²) in [7, 11) is 0. The van der Waals surface area contributed by atoms with E-state index in [4.69, 9.17) is 11.6 Å². The van der Waals surface area contributed by atoms with E-state index in [9.17, 15) is 9.59 Å². The van der Waals surface area contributed by atoms with Crippen LogP contribution < -0.4 is 26.4 Å². The minimum atomic E-state index is -0.339. The molecule has 1 saturated heterocycles. The van der Waals surface area contributed by atoms with E-state index in [0.29, 0.717) is 17.1 Å². The Bertz CT molecular complexity index is 1160. The highest BCUT2D eigenvalue weighted by Crippen LogP contribution is 2.22. The van der Waals surface area contributed by atoms with Crippen molar-refractivity contribution in [2.24, 2.45) is 0 Å². The van der Waals surface area contributed by atoms with E-state index in [1.54, 1.807) is 30.5 Å². The summed E-state index contributed by atoms with van der Waals surface area (Å²) < 4.78 is 2.29. The Balaban J connectivity index is 1.39. The molecular weight excluding hydrogens is 508 g/mol. The molecule has 3 N–H and O–H groups in total. The standard InChI is InChI=1S/C23H24BrClN6O2/c24-17-4-8-19(9-5-17)29-23(33)28-18-6-2-16(3-7-18)15-31-22(32)21(25)20(14-27-31)30-12-1-10-26-11-13-30/h2-9,14,26H,1,10-13,15H2,(H2,28,29,33). The van der Waals surface area contributed by atoms with Crippen LogP contribution in [0.1, 0.15) is 12.0 Å².